The third-order valence-corrected chi connectivity index (χ3v) is 7.44. The van der Waals surface area contributed by atoms with E-state index in [2.05, 4.69) is 15.4 Å². The third-order valence-electron chi connectivity index (χ3n) is 5.58. The van der Waals surface area contributed by atoms with Crippen molar-refractivity contribution in [3.05, 3.63) is 125 Å². The minimum Gasteiger partial charge on any atom is -0.345 e. The Hall–Kier alpha value is -4.14. The highest BCUT2D eigenvalue weighted by Gasteiger charge is 2.22. The van der Waals surface area contributed by atoms with E-state index in [1.165, 1.54) is 18.2 Å². The van der Waals surface area contributed by atoms with E-state index in [0.29, 0.717) is 5.69 Å². The average Bonchev–Trinajstić information content (AvgIpc) is 2.90. The summed E-state index contributed by atoms with van der Waals surface area (Å²) >= 11 is 6.17. The van der Waals surface area contributed by atoms with Gasteiger partial charge in [0.25, 0.3) is 21.8 Å². The molecule has 9 heteroatoms. The number of halogens is 1. The maximum Gasteiger partial charge on any atom is 0.263 e. The van der Waals surface area contributed by atoms with Crippen LogP contribution in [0.5, 0.6) is 0 Å². The first-order valence-electron chi connectivity index (χ1n) is 11.4. The second-order valence-electron chi connectivity index (χ2n) is 8.22. The van der Waals surface area contributed by atoms with Crippen LogP contribution in [0.2, 0.25) is 5.02 Å². The van der Waals surface area contributed by atoms with Crippen molar-refractivity contribution >= 4 is 44.8 Å². The van der Waals surface area contributed by atoms with Gasteiger partial charge >= 0.3 is 0 Å². The first-order valence-corrected chi connectivity index (χ1v) is 13.2. The van der Waals surface area contributed by atoms with Gasteiger partial charge in [-0.15, -0.1) is 0 Å². The predicted octanol–water partition coefficient (Wildman–Crippen LogP) is 5.88. The van der Waals surface area contributed by atoms with Gasteiger partial charge in [0.1, 0.15) is 4.90 Å². The number of hydrogen-bond donors (Lipinski definition) is 3. The minimum atomic E-state index is -4.06. The first-order chi connectivity index (χ1) is 17.7. The lowest BCUT2D eigenvalue weighted by Crippen LogP contribution is -2.28. The lowest BCUT2D eigenvalue weighted by molar-refractivity contribution is 0.0940. The van der Waals surface area contributed by atoms with Crippen molar-refractivity contribution < 1.29 is 18.0 Å². The normalized spacial score (nSPS) is 11.8. The van der Waals surface area contributed by atoms with E-state index >= 15 is 0 Å². The first kappa shape index (κ1) is 25.9. The van der Waals surface area contributed by atoms with Gasteiger partial charge in [-0.2, -0.15) is 0 Å². The molecule has 0 aliphatic carbocycles. The molecule has 4 rings (SSSR count). The molecule has 0 fully saturated rings. The SMILES string of the molecule is C[C@H](NC(=O)c1ccccc1NC(=O)c1ccc(Cl)c(S(=O)(=O)Nc2ccccc2)c1)c1ccccc1. The molecule has 0 heterocycles. The van der Waals surface area contributed by atoms with E-state index < -0.39 is 15.9 Å². The van der Waals surface area contributed by atoms with Crippen LogP contribution in [-0.2, 0) is 10.0 Å². The molecule has 37 heavy (non-hydrogen) atoms. The Balaban J connectivity index is 1.54. The minimum absolute atomic E-state index is 0.0327. The molecule has 1 atom stereocenters. The van der Waals surface area contributed by atoms with Crippen molar-refractivity contribution in [2.45, 2.75) is 17.9 Å². The van der Waals surface area contributed by atoms with Crippen LogP contribution in [-0.4, -0.2) is 20.2 Å². The molecule has 3 N–H and O–H groups in total. The van der Waals surface area contributed by atoms with Gasteiger partial charge < -0.3 is 10.6 Å². The zero-order valence-corrected chi connectivity index (χ0v) is 21.4. The largest absolute Gasteiger partial charge is 0.345 e. The quantitative estimate of drug-likeness (QED) is 0.263. The summed E-state index contributed by atoms with van der Waals surface area (Å²) in [5, 5.41) is 5.61. The number of hydrogen-bond acceptors (Lipinski definition) is 4. The third kappa shape index (κ3) is 6.35. The second kappa shape index (κ2) is 11.3. The summed E-state index contributed by atoms with van der Waals surface area (Å²) in [5.41, 5.74) is 1.92. The lowest BCUT2D eigenvalue weighted by atomic mass is 10.1. The van der Waals surface area contributed by atoms with Crippen molar-refractivity contribution in [2.75, 3.05) is 10.0 Å². The highest BCUT2D eigenvalue weighted by atomic mass is 35.5. The maximum absolute atomic E-state index is 13.1. The number of amides is 2. The van der Waals surface area contributed by atoms with Crippen LogP contribution in [0, 0.1) is 0 Å². The summed E-state index contributed by atoms with van der Waals surface area (Å²) in [5.74, 6) is -0.956. The topological polar surface area (TPSA) is 104 Å². The van der Waals surface area contributed by atoms with Crippen LogP contribution in [0.15, 0.2) is 108 Å². The molecule has 0 radical (unpaired) electrons. The van der Waals surface area contributed by atoms with Crippen LogP contribution in [0.4, 0.5) is 11.4 Å². The van der Waals surface area contributed by atoms with E-state index in [4.69, 9.17) is 11.6 Å². The van der Waals surface area contributed by atoms with Crippen LogP contribution in [0.3, 0.4) is 0 Å². The summed E-state index contributed by atoms with van der Waals surface area (Å²) < 4.78 is 28.3. The molecule has 0 aliphatic heterocycles. The monoisotopic (exact) mass is 533 g/mol. The Bertz CT molecular complexity index is 1530. The van der Waals surface area contributed by atoms with Crippen molar-refractivity contribution in [1.29, 1.82) is 0 Å². The fourth-order valence-corrected chi connectivity index (χ4v) is 5.24. The smallest absolute Gasteiger partial charge is 0.263 e. The molecule has 0 aliphatic rings. The molecular formula is C28H24ClN3O4S. The highest BCUT2D eigenvalue weighted by Crippen LogP contribution is 2.26. The Morgan fingerprint density at radius 1 is 0.784 bits per heavy atom. The molecule has 0 bridgehead atoms. The second-order valence-corrected chi connectivity index (χ2v) is 10.3. The fourth-order valence-electron chi connectivity index (χ4n) is 3.65. The molecule has 0 spiro atoms. The number of para-hydroxylation sites is 2. The Labute approximate surface area is 220 Å². The summed E-state index contributed by atoms with van der Waals surface area (Å²) in [6.07, 6.45) is 0. The summed E-state index contributed by atoms with van der Waals surface area (Å²) in [4.78, 5) is 25.8. The van der Waals surface area contributed by atoms with Gasteiger partial charge in [0.15, 0.2) is 0 Å². The van der Waals surface area contributed by atoms with Crippen molar-refractivity contribution in [2.24, 2.45) is 0 Å². The summed E-state index contributed by atoms with van der Waals surface area (Å²) in [6, 6.07) is 28.1. The van der Waals surface area contributed by atoms with Crippen LogP contribution >= 0.6 is 11.6 Å². The number of benzene rings is 4. The van der Waals surface area contributed by atoms with Gasteiger partial charge in [0.05, 0.1) is 22.3 Å². The van der Waals surface area contributed by atoms with Crippen LogP contribution < -0.4 is 15.4 Å². The van der Waals surface area contributed by atoms with Crippen molar-refractivity contribution in [3.8, 4) is 0 Å². The number of nitrogens with one attached hydrogen (secondary N) is 3. The molecule has 0 saturated carbocycles. The van der Waals surface area contributed by atoms with Crippen LogP contribution in [0.1, 0.15) is 39.2 Å². The maximum atomic E-state index is 13.1. The Morgan fingerprint density at radius 3 is 2.11 bits per heavy atom. The lowest BCUT2D eigenvalue weighted by Gasteiger charge is -2.16. The van der Waals surface area contributed by atoms with Gasteiger partial charge in [-0.3, -0.25) is 14.3 Å². The van der Waals surface area contributed by atoms with E-state index in [0.717, 1.165) is 5.56 Å². The zero-order valence-electron chi connectivity index (χ0n) is 19.8. The van der Waals surface area contributed by atoms with Crippen LogP contribution in [0.25, 0.3) is 0 Å². The predicted molar refractivity (Wildman–Crippen MR) is 145 cm³/mol. The molecule has 0 aromatic heterocycles. The standard InChI is InChI=1S/C28H24ClN3O4S/c1-19(20-10-4-2-5-11-20)30-28(34)23-14-8-9-15-25(23)31-27(33)21-16-17-24(29)26(18-21)37(35,36)32-22-12-6-3-7-13-22/h2-19,32H,1H3,(H,30,34)(H,31,33)/t19-/m0/s1. The molecule has 4 aromatic carbocycles. The Morgan fingerprint density at radius 2 is 1.41 bits per heavy atom. The van der Waals surface area contributed by atoms with Gasteiger partial charge in [-0.1, -0.05) is 72.3 Å². The van der Waals surface area contributed by atoms with Gasteiger partial charge in [0, 0.05) is 11.3 Å². The number of carbonyl (C=O) groups excluding carboxylic acids is 2. The molecule has 0 saturated heterocycles. The summed E-state index contributed by atoms with van der Waals surface area (Å²) in [7, 11) is -4.06. The van der Waals surface area contributed by atoms with E-state index in [-0.39, 0.29) is 38.7 Å². The average molecular weight is 534 g/mol. The number of rotatable bonds is 8. The van der Waals surface area contributed by atoms with E-state index in [9.17, 15) is 18.0 Å². The molecule has 188 valence electrons. The van der Waals surface area contributed by atoms with Crippen molar-refractivity contribution in [1.82, 2.24) is 5.32 Å². The van der Waals surface area contributed by atoms with E-state index in [1.807, 2.05) is 37.3 Å². The van der Waals surface area contributed by atoms with Gasteiger partial charge in [0.2, 0.25) is 0 Å². The fraction of sp³-hybridized carbons (Fsp3) is 0.0714. The zero-order chi connectivity index (χ0) is 26.4. The highest BCUT2D eigenvalue weighted by molar-refractivity contribution is 7.92. The molecule has 7 nitrogen and oxygen atoms in total. The van der Waals surface area contributed by atoms with E-state index in [1.54, 1.807) is 54.6 Å². The van der Waals surface area contributed by atoms with Gasteiger partial charge in [-0.25, -0.2) is 8.42 Å². The summed E-state index contributed by atoms with van der Waals surface area (Å²) in [6.45, 7) is 1.87. The Kier molecular flexibility index (Phi) is 7.91. The number of sulfonamides is 1. The molecule has 4 aromatic rings. The number of anilines is 2. The molecule has 2 amide bonds. The molecular weight excluding hydrogens is 510 g/mol. The van der Waals surface area contributed by atoms with Crippen molar-refractivity contribution in [3.63, 3.8) is 0 Å². The molecule has 0 unspecified atom stereocenters. The van der Waals surface area contributed by atoms with Gasteiger partial charge in [-0.05, 0) is 55.0 Å². The number of carbonyl (C=O) groups is 2.